The zero-order valence-electron chi connectivity index (χ0n) is 25.4. The minimum absolute atomic E-state index is 0.0493. The Morgan fingerprint density at radius 2 is 1.51 bits per heavy atom. The molecule has 0 radical (unpaired) electrons. The number of anilines is 1. The summed E-state index contributed by atoms with van der Waals surface area (Å²) in [6.45, 7) is 6.58. The van der Waals surface area contributed by atoms with Gasteiger partial charge in [0.15, 0.2) is 11.5 Å². The molecule has 12 heteroatoms. The van der Waals surface area contributed by atoms with Gasteiger partial charge in [0, 0.05) is 23.7 Å². The number of rotatable bonds is 13. The number of amides is 2. The number of ether oxygens (including phenoxy) is 3. The lowest BCUT2D eigenvalue weighted by Gasteiger charge is -2.33. The highest BCUT2D eigenvalue weighted by molar-refractivity contribution is 7.92. The van der Waals surface area contributed by atoms with Crippen LogP contribution in [0.2, 0.25) is 5.02 Å². The Kier molecular flexibility index (Phi) is 11.3. The molecule has 1 unspecified atom stereocenters. The molecule has 0 fully saturated rings. The number of methoxy groups -OCH3 is 3. The molecule has 0 aliphatic rings. The van der Waals surface area contributed by atoms with Gasteiger partial charge in [-0.2, -0.15) is 0 Å². The van der Waals surface area contributed by atoms with Gasteiger partial charge in [-0.05, 0) is 69.2 Å². The van der Waals surface area contributed by atoms with Crippen LogP contribution in [-0.2, 0) is 26.2 Å². The van der Waals surface area contributed by atoms with E-state index >= 15 is 0 Å². The van der Waals surface area contributed by atoms with E-state index in [0.29, 0.717) is 5.75 Å². The van der Waals surface area contributed by atoms with Crippen LogP contribution < -0.4 is 23.8 Å². The molecule has 0 aliphatic heterocycles. The number of carbonyl (C=O) groups is 2. The molecule has 3 rings (SSSR count). The van der Waals surface area contributed by atoms with Crippen molar-refractivity contribution in [1.29, 1.82) is 0 Å². The lowest BCUT2D eigenvalue weighted by atomic mass is 10.1. The Hall–Kier alpha value is -3.96. The number of hydrogen-bond acceptors (Lipinski definition) is 7. The molecule has 1 atom stereocenters. The third kappa shape index (κ3) is 7.91. The highest BCUT2D eigenvalue weighted by Crippen LogP contribution is 2.37. The van der Waals surface area contributed by atoms with Crippen LogP contribution in [0, 0.1) is 6.92 Å². The van der Waals surface area contributed by atoms with Gasteiger partial charge in [0.05, 0.1) is 31.9 Å². The second kappa shape index (κ2) is 14.5. The molecule has 232 valence electrons. The van der Waals surface area contributed by atoms with Crippen LogP contribution in [-0.4, -0.2) is 65.1 Å². The van der Waals surface area contributed by atoms with Gasteiger partial charge in [-0.1, -0.05) is 35.9 Å². The first-order valence-electron chi connectivity index (χ1n) is 13.6. The number of hydrogen-bond donors (Lipinski definition) is 1. The third-order valence-electron chi connectivity index (χ3n) is 6.83. The van der Waals surface area contributed by atoms with Crippen molar-refractivity contribution in [3.05, 3.63) is 76.8 Å². The first-order chi connectivity index (χ1) is 20.3. The summed E-state index contributed by atoms with van der Waals surface area (Å²) >= 11 is 6.30. The highest BCUT2D eigenvalue weighted by Gasteiger charge is 2.34. The standard InChI is InChI=1S/C31H38ClN3O7S/c1-20(2)33-31(37)22(4)34(18-23-11-9-8-10-21(23)3)30(36)19-35(26-16-24(32)12-14-27(26)40-5)43(38,39)25-13-15-28(41-6)29(17-25)42-7/h8-17,20,22H,18-19H2,1-7H3,(H,33,37). The lowest BCUT2D eigenvalue weighted by molar-refractivity contribution is -0.139. The molecule has 10 nitrogen and oxygen atoms in total. The van der Waals surface area contributed by atoms with Gasteiger partial charge in [-0.3, -0.25) is 13.9 Å². The predicted molar refractivity (Wildman–Crippen MR) is 167 cm³/mol. The summed E-state index contributed by atoms with van der Waals surface area (Å²) < 4.78 is 45.6. The van der Waals surface area contributed by atoms with E-state index < -0.39 is 28.5 Å². The number of sulfonamides is 1. The number of benzene rings is 3. The van der Waals surface area contributed by atoms with Gasteiger partial charge in [0.1, 0.15) is 18.3 Å². The monoisotopic (exact) mass is 631 g/mol. The average Bonchev–Trinajstić information content (AvgIpc) is 2.98. The summed E-state index contributed by atoms with van der Waals surface area (Å²) in [5.41, 5.74) is 1.78. The van der Waals surface area contributed by atoms with E-state index in [2.05, 4.69) is 5.32 Å². The van der Waals surface area contributed by atoms with E-state index in [4.69, 9.17) is 25.8 Å². The first-order valence-corrected chi connectivity index (χ1v) is 15.4. The zero-order chi connectivity index (χ0) is 31.9. The normalized spacial score (nSPS) is 11.9. The predicted octanol–water partition coefficient (Wildman–Crippen LogP) is 4.81. The summed E-state index contributed by atoms with van der Waals surface area (Å²) in [5.74, 6) is -0.281. The van der Waals surface area contributed by atoms with Crippen molar-refractivity contribution in [3.63, 3.8) is 0 Å². The summed E-state index contributed by atoms with van der Waals surface area (Å²) in [6, 6.07) is 15.0. The first kappa shape index (κ1) is 33.5. The van der Waals surface area contributed by atoms with E-state index in [9.17, 15) is 18.0 Å². The molecule has 0 saturated carbocycles. The highest BCUT2D eigenvalue weighted by atomic mass is 35.5. The average molecular weight is 632 g/mol. The molecule has 0 aromatic heterocycles. The van der Waals surface area contributed by atoms with Gasteiger partial charge >= 0.3 is 0 Å². The van der Waals surface area contributed by atoms with Crippen LogP contribution >= 0.6 is 11.6 Å². The van der Waals surface area contributed by atoms with Crippen molar-refractivity contribution in [3.8, 4) is 17.2 Å². The van der Waals surface area contributed by atoms with Crippen LogP contribution in [0.15, 0.2) is 65.6 Å². The fourth-order valence-corrected chi connectivity index (χ4v) is 6.03. The summed E-state index contributed by atoms with van der Waals surface area (Å²) in [7, 11) is -0.208. The van der Waals surface area contributed by atoms with E-state index in [1.165, 1.54) is 56.6 Å². The Balaban J connectivity index is 2.16. The van der Waals surface area contributed by atoms with Gasteiger partial charge < -0.3 is 24.4 Å². The van der Waals surface area contributed by atoms with Gasteiger partial charge in [-0.15, -0.1) is 0 Å². The fourth-order valence-electron chi connectivity index (χ4n) is 4.43. The molecule has 43 heavy (non-hydrogen) atoms. The minimum atomic E-state index is -4.42. The fraction of sp³-hybridized carbons (Fsp3) is 0.355. The van der Waals surface area contributed by atoms with E-state index in [0.717, 1.165) is 15.4 Å². The van der Waals surface area contributed by atoms with Crippen molar-refractivity contribution in [2.24, 2.45) is 0 Å². The smallest absolute Gasteiger partial charge is 0.265 e. The molecular formula is C31H38ClN3O7S. The molecule has 3 aromatic carbocycles. The molecule has 0 spiro atoms. The molecule has 0 saturated heterocycles. The summed E-state index contributed by atoms with van der Waals surface area (Å²) in [5, 5.41) is 3.07. The molecule has 3 aromatic rings. The van der Waals surface area contributed by atoms with Crippen molar-refractivity contribution >= 4 is 39.1 Å². The van der Waals surface area contributed by atoms with Gasteiger partial charge in [0.25, 0.3) is 10.0 Å². The number of carbonyl (C=O) groups excluding carboxylic acids is 2. The maximum Gasteiger partial charge on any atom is 0.265 e. The topological polar surface area (TPSA) is 114 Å². The second-order valence-electron chi connectivity index (χ2n) is 10.1. The van der Waals surface area contributed by atoms with Gasteiger partial charge in [0.2, 0.25) is 11.8 Å². The van der Waals surface area contributed by atoms with Gasteiger partial charge in [-0.25, -0.2) is 8.42 Å². The Bertz CT molecular complexity index is 1560. The summed E-state index contributed by atoms with van der Waals surface area (Å²) in [4.78, 5) is 28.5. The summed E-state index contributed by atoms with van der Waals surface area (Å²) in [6.07, 6.45) is 0. The van der Waals surface area contributed by atoms with Crippen LogP contribution in [0.1, 0.15) is 31.9 Å². The maximum absolute atomic E-state index is 14.3. The van der Waals surface area contributed by atoms with Crippen LogP contribution in [0.25, 0.3) is 0 Å². The van der Waals surface area contributed by atoms with Crippen LogP contribution in [0.5, 0.6) is 17.2 Å². The van der Waals surface area contributed by atoms with Crippen molar-refractivity contribution in [1.82, 2.24) is 10.2 Å². The SMILES string of the molecule is COc1ccc(S(=O)(=O)N(CC(=O)N(Cc2ccccc2C)C(C)C(=O)NC(C)C)c2cc(Cl)ccc2OC)cc1OC. The van der Waals surface area contributed by atoms with E-state index in [1.807, 2.05) is 45.0 Å². The van der Waals surface area contributed by atoms with Crippen molar-refractivity contribution in [2.45, 2.75) is 51.2 Å². The van der Waals surface area contributed by atoms with E-state index in [1.54, 1.807) is 13.0 Å². The molecular weight excluding hydrogens is 594 g/mol. The van der Waals surface area contributed by atoms with E-state index in [-0.39, 0.29) is 45.6 Å². The van der Waals surface area contributed by atoms with Crippen molar-refractivity contribution < 1.29 is 32.2 Å². The largest absolute Gasteiger partial charge is 0.495 e. The van der Waals surface area contributed by atoms with Crippen molar-refractivity contribution in [2.75, 3.05) is 32.2 Å². The lowest BCUT2D eigenvalue weighted by Crippen LogP contribution is -2.52. The number of aryl methyl sites for hydroxylation is 1. The molecule has 2 amide bonds. The third-order valence-corrected chi connectivity index (χ3v) is 8.82. The Labute approximate surface area is 258 Å². The number of nitrogens with one attached hydrogen (secondary N) is 1. The Morgan fingerprint density at radius 3 is 2.12 bits per heavy atom. The zero-order valence-corrected chi connectivity index (χ0v) is 27.0. The second-order valence-corrected chi connectivity index (χ2v) is 12.4. The minimum Gasteiger partial charge on any atom is -0.495 e. The molecule has 1 N–H and O–H groups in total. The van der Waals surface area contributed by atoms with Crippen LogP contribution in [0.4, 0.5) is 5.69 Å². The van der Waals surface area contributed by atoms with Crippen LogP contribution in [0.3, 0.4) is 0 Å². The molecule has 0 aliphatic carbocycles. The maximum atomic E-state index is 14.3. The molecule has 0 heterocycles. The number of nitrogens with zero attached hydrogens (tertiary/aromatic N) is 2. The molecule has 0 bridgehead atoms. The number of halogens is 1. The Morgan fingerprint density at radius 1 is 0.884 bits per heavy atom. The quantitative estimate of drug-likeness (QED) is 0.288.